The van der Waals surface area contributed by atoms with E-state index < -0.39 is 16.1 Å². The highest BCUT2D eigenvalue weighted by Crippen LogP contribution is 2.32. The predicted octanol–water partition coefficient (Wildman–Crippen LogP) is 2.73. The van der Waals surface area contributed by atoms with Gasteiger partial charge in [-0.05, 0) is 29.8 Å². The summed E-state index contributed by atoms with van der Waals surface area (Å²) < 4.78 is 32.9. The minimum Gasteiger partial charge on any atom is -0.480 e. The van der Waals surface area contributed by atoms with Gasteiger partial charge in [0.05, 0.1) is 16.3 Å². The Morgan fingerprint density at radius 2 is 1.83 bits per heavy atom. The standard InChI is InChI=1S/C21H27N3O4S/c1-5-24(6-2)29(26,27)16-11-12-18(23(3)4)17(14-16)22-21(25)20-13-15-9-7-8-10-19(15)28-20/h7-12,14,20H,5-6,13H2,1-4H3,(H,22,25). The first-order valence-corrected chi connectivity index (χ1v) is 11.1. The second-order valence-corrected chi connectivity index (χ2v) is 9.01. The fourth-order valence-corrected chi connectivity index (χ4v) is 4.90. The molecular weight excluding hydrogens is 390 g/mol. The lowest BCUT2D eigenvalue weighted by Gasteiger charge is -2.22. The first-order chi connectivity index (χ1) is 13.8. The Hall–Kier alpha value is -2.58. The summed E-state index contributed by atoms with van der Waals surface area (Å²) in [7, 11) is 0.0451. The van der Waals surface area contributed by atoms with Crippen molar-refractivity contribution in [2.75, 3.05) is 37.4 Å². The summed E-state index contributed by atoms with van der Waals surface area (Å²) in [6.07, 6.45) is -0.165. The Kier molecular flexibility index (Phi) is 6.14. The van der Waals surface area contributed by atoms with Crippen molar-refractivity contribution in [3.05, 3.63) is 48.0 Å². The molecule has 0 saturated heterocycles. The number of sulfonamides is 1. The SMILES string of the molecule is CCN(CC)S(=O)(=O)c1ccc(N(C)C)c(NC(=O)C2Cc3ccccc3O2)c1. The van der Waals surface area contributed by atoms with Gasteiger partial charge >= 0.3 is 0 Å². The molecule has 1 unspecified atom stereocenters. The molecule has 156 valence electrons. The lowest BCUT2D eigenvalue weighted by atomic mass is 10.1. The second kappa shape index (κ2) is 8.42. The van der Waals surface area contributed by atoms with Crippen LogP contribution in [0.2, 0.25) is 0 Å². The van der Waals surface area contributed by atoms with Gasteiger partial charge in [-0.2, -0.15) is 4.31 Å². The predicted molar refractivity (Wildman–Crippen MR) is 114 cm³/mol. The van der Waals surface area contributed by atoms with E-state index in [4.69, 9.17) is 4.74 Å². The number of para-hydroxylation sites is 1. The summed E-state index contributed by atoms with van der Waals surface area (Å²) in [4.78, 5) is 14.8. The zero-order valence-electron chi connectivity index (χ0n) is 17.2. The first-order valence-electron chi connectivity index (χ1n) is 9.64. The Morgan fingerprint density at radius 1 is 1.14 bits per heavy atom. The van der Waals surface area contributed by atoms with Gasteiger partial charge in [0, 0.05) is 33.6 Å². The molecule has 0 spiro atoms. The molecule has 1 aliphatic rings. The lowest BCUT2D eigenvalue weighted by molar-refractivity contribution is -0.122. The summed E-state index contributed by atoms with van der Waals surface area (Å²) in [6.45, 7) is 4.36. The number of amides is 1. The Labute approximate surface area is 172 Å². The Balaban J connectivity index is 1.89. The van der Waals surface area contributed by atoms with Crippen LogP contribution in [0, 0.1) is 0 Å². The molecule has 7 nitrogen and oxygen atoms in total. The molecule has 2 aromatic carbocycles. The van der Waals surface area contributed by atoms with Crippen LogP contribution < -0.4 is 15.0 Å². The number of ether oxygens (including phenoxy) is 1. The molecular formula is C21H27N3O4S. The van der Waals surface area contributed by atoms with E-state index in [0.29, 0.717) is 36.6 Å². The quantitative estimate of drug-likeness (QED) is 0.749. The van der Waals surface area contributed by atoms with Gasteiger partial charge in [-0.1, -0.05) is 32.0 Å². The maximum Gasteiger partial charge on any atom is 0.265 e. The van der Waals surface area contributed by atoms with Crippen molar-refractivity contribution >= 4 is 27.3 Å². The number of carbonyl (C=O) groups is 1. The van der Waals surface area contributed by atoms with Crippen LogP contribution in [0.3, 0.4) is 0 Å². The van der Waals surface area contributed by atoms with Crippen molar-refractivity contribution in [3.8, 4) is 5.75 Å². The van der Waals surface area contributed by atoms with Crippen molar-refractivity contribution in [1.29, 1.82) is 0 Å². The average Bonchev–Trinajstić information content (AvgIpc) is 3.13. The molecule has 0 fully saturated rings. The third kappa shape index (κ3) is 4.23. The Bertz CT molecular complexity index is 976. The van der Waals surface area contributed by atoms with E-state index in [9.17, 15) is 13.2 Å². The molecule has 8 heteroatoms. The molecule has 0 aliphatic carbocycles. The molecule has 1 N–H and O–H groups in total. The number of benzene rings is 2. The van der Waals surface area contributed by atoms with Crippen molar-refractivity contribution in [2.45, 2.75) is 31.3 Å². The van der Waals surface area contributed by atoms with E-state index in [1.54, 1.807) is 26.0 Å². The molecule has 1 aliphatic heterocycles. The molecule has 0 radical (unpaired) electrons. The fourth-order valence-electron chi connectivity index (χ4n) is 3.42. The van der Waals surface area contributed by atoms with Gasteiger partial charge in [-0.25, -0.2) is 8.42 Å². The number of hydrogen-bond donors (Lipinski definition) is 1. The number of carbonyl (C=O) groups excluding carboxylic acids is 1. The highest BCUT2D eigenvalue weighted by molar-refractivity contribution is 7.89. The van der Waals surface area contributed by atoms with Crippen LogP contribution in [0.5, 0.6) is 5.75 Å². The van der Waals surface area contributed by atoms with Gasteiger partial charge in [0.2, 0.25) is 10.0 Å². The molecule has 3 rings (SSSR count). The minimum atomic E-state index is -3.63. The molecule has 0 aromatic heterocycles. The maximum atomic E-state index is 12.9. The average molecular weight is 418 g/mol. The number of rotatable bonds is 7. The topological polar surface area (TPSA) is 79.0 Å². The third-order valence-electron chi connectivity index (χ3n) is 4.99. The van der Waals surface area contributed by atoms with Crippen LogP contribution in [0.4, 0.5) is 11.4 Å². The molecule has 0 bridgehead atoms. The van der Waals surface area contributed by atoms with Gasteiger partial charge in [0.1, 0.15) is 5.75 Å². The fraction of sp³-hybridized carbons (Fsp3) is 0.381. The zero-order chi connectivity index (χ0) is 21.2. The summed E-state index contributed by atoms with van der Waals surface area (Å²) in [6, 6.07) is 12.3. The first kappa shape index (κ1) is 21.1. The summed E-state index contributed by atoms with van der Waals surface area (Å²) in [5.74, 6) is 0.403. The molecule has 2 aromatic rings. The van der Waals surface area contributed by atoms with Gasteiger partial charge in [-0.3, -0.25) is 4.79 Å². The van der Waals surface area contributed by atoms with Crippen LogP contribution >= 0.6 is 0 Å². The molecule has 1 heterocycles. The van der Waals surface area contributed by atoms with Gasteiger partial charge in [-0.15, -0.1) is 0 Å². The monoisotopic (exact) mass is 417 g/mol. The summed E-state index contributed by atoms with van der Waals surface area (Å²) in [5, 5.41) is 2.87. The number of fused-ring (bicyclic) bond motifs is 1. The molecule has 1 atom stereocenters. The molecule has 1 amide bonds. The van der Waals surface area contributed by atoms with Gasteiger partial charge in [0.25, 0.3) is 5.91 Å². The minimum absolute atomic E-state index is 0.151. The number of nitrogens with zero attached hydrogens (tertiary/aromatic N) is 2. The van der Waals surface area contributed by atoms with Crippen LogP contribution in [0.25, 0.3) is 0 Å². The zero-order valence-corrected chi connectivity index (χ0v) is 18.0. The van der Waals surface area contributed by atoms with Crippen molar-refractivity contribution < 1.29 is 17.9 Å². The highest BCUT2D eigenvalue weighted by atomic mass is 32.2. The number of anilines is 2. The summed E-state index contributed by atoms with van der Waals surface area (Å²) >= 11 is 0. The van der Waals surface area contributed by atoms with E-state index in [1.807, 2.05) is 43.3 Å². The second-order valence-electron chi connectivity index (χ2n) is 7.07. The third-order valence-corrected chi connectivity index (χ3v) is 7.04. The van der Waals surface area contributed by atoms with E-state index in [0.717, 1.165) is 5.56 Å². The highest BCUT2D eigenvalue weighted by Gasteiger charge is 2.30. The Morgan fingerprint density at radius 3 is 2.45 bits per heavy atom. The largest absolute Gasteiger partial charge is 0.480 e. The van der Waals surface area contributed by atoms with Crippen molar-refractivity contribution in [1.82, 2.24) is 4.31 Å². The van der Waals surface area contributed by atoms with E-state index in [-0.39, 0.29) is 10.8 Å². The van der Waals surface area contributed by atoms with Crippen molar-refractivity contribution in [2.24, 2.45) is 0 Å². The van der Waals surface area contributed by atoms with E-state index in [1.165, 1.54) is 10.4 Å². The van der Waals surface area contributed by atoms with Gasteiger partial charge < -0.3 is 15.0 Å². The smallest absolute Gasteiger partial charge is 0.265 e. The van der Waals surface area contributed by atoms with Crippen LogP contribution in [0.1, 0.15) is 19.4 Å². The molecule has 29 heavy (non-hydrogen) atoms. The van der Waals surface area contributed by atoms with E-state index >= 15 is 0 Å². The maximum absolute atomic E-state index is 12.9. The normalized spacial score (nSPS) is 15.7. The molecule has 0 saturated carbocycles. The number of hydrogen-bond acceptors (Lipinski definition) is 5. The van der Waals surface area contributed by atoms with E-state index in [2.05, 4.69) is 5.32 Å². The van der Waals surface area contributed by atoms with Crippen LogP contribution in [0.15, 0.2) is 47.4 Å². The van der Waals surface area contributed by atoms with Crippen molar-refractivity contribution in [3.63, 3.8) is 0 Å². The lowest BCUT2D eigenvalue weighted by Crippen LogP contribution is -2.33. The van der Waals surface area contributed by atoms with Crippen LogP contribution in [-0.4, -0.2) is 51.9 Å². The van der Waals surface area contributed by atoms with Crippen LogP contribution in [-0.2, 0) is 21.2 Å². The van der Waals surface area contributed by atoms with Gasteiger partial charge in [0.15, 0.2) is 6.10 Å². The summed E-state index contributed by atoms with van der Waals surface area (Å²) in [5.41, 5.74) is 2.14. The number of nitrogens with one attached hydrogen (secondary N) is 1.